The van der Waals surface area contributed by atoms with Gasteiger partial charge in [0, 0.05) is 22.4 Å². The van der Waals surface area contributed by atoms with Gasteiger partial charge in [-0.2, -0.15) is 0 Å². The quantitative estimate of drug-likeness (QED) is 0.937. The molecule has 1 amide bonds. The van der Waals surface area contributed by atoms with Gasteiger partial charge in [-0.25, -0.2) is 0 Å². The van der Waals surface area contributed by atoms with Gasteiger partial charge in [-0.1, -0.05) is 29.8 Å². The van der Waals surface area contributed by atoms with Crippen LogP contribution in [-0.2, 0) is 11.2 Å². The molecule has 1 heterocycles. The highest BCUT2D eigenvalue weighted by Crippen LogP contribution is 2.31. The summed E-state index contributed by atoms with van der Waals surface area (Å²) >= 11 is 5.85. The molecule has 0 saturated heterocycles. The van der Waals surface area contributed by atoms with E-state index in [1.165, 1.54) is 5.56 Å². The van der Waals surface area contributed by atoms with Crippen LogP contribution in [0.2, 0.25) is 5.02 Å². The van der Waals surface area contributed by atoms with Crippen LogP contribution < -0.4 is 10.2 Å². The van der Waals surface area contributed by atoms with E-state index in [-0.39, 0.29) is 18.5 Å². The average Bonchev–Trinajstić information content (AvgIpc) is 2.82. The minimum atomic E-state index is 0.0856. The molecule has 4 heteroatoms. The van der Waals surface area contributed by atoms with Crippen LogP contribution in [0, 0.1) is 0 Å². The van der Waals surface area contributed by atoms with Gasteiger partial charge in [0.05, 0.1) is 6.54 Å². The maximum Gasteiger partial charge on any atom is 0.246 e. The normalized spacial score (nSPS) is 16.7. The minimum absolute atomic E-state index is 0.0856. The van der Waals surface area contributed by atoms with Crippen LogP contribution in [0.4, 0.5) is 11.4 Å². The van der Waals surface area contributed by atoms with Crippen LogP contribution in [0.25, 0.3) is 0 Å². The molecule has 1 aliphatic rings. The Labute approximate surface area is 129 Å². The summed E-state index contributed by atoms with van der Waals surface area (Å²) in [6.07, 6.45) is 0.920. The van der Waals surface area contributed by atoms with Gasteiger partial charge < -0.3 is 10.2 Å². The summed E-state index contributed by atoms with van der Waals surface area (Å²) in [7, 11) is 0. The van der Waals surface area contributed by atoms with Gasteiger partial charge in [-0.05, 0) is 49.2 Å². The second-order valence-electron chi connectivity index (χ2n) is 5.31. The van der Waals surface area contributed by atoms with E-state index >= 15 is 0 Å². The summed E-state index contributed by atoms with van der Waals surface area (Å²) in [6.45, 7) is 2.36. The lowest BCUT2D eigenvalue weighted by atomic mass is 10.1. The van der Waals surface area contributed by atoms with Crippen LogP contribution >= 0.6 is 11.6 Å². The van der Waals surface area contributed by atoms with E-state index in [9.17, 15) is 4.79 Å². The summed E-state index contributed by atoms with van der Waals surface area (Å²) in [5.41, 5.74) is 3.17. The third-order valence-electron chi connectivity index (χ3n) is 3.76. The Morgan fingerprint density at radius 1 is 1.24 bits per heavy atom. The molecule has 1 unspecified atom stereocenters. The standard InChI is InChI=1S/C17H17ClN2O/c1-12-10-13-4-2-3-5-16(13)20(12)17(21)11-19-15-8-6-14(18)7-9-15/h2-9,12,19H,10-11H2,1H3. The lowest BCUT2D eigenvalue weighted by Gasteiger charge is -2.23. The van der Waals surface area contributed by atoms with Crippen molar-refractivity contribution in [2.75, 3.05) is 16.8 Å². The zero-order valence-electron chi connectivity index (χ0n) is 11.8. The predicted molar refractivity (Wildman–Crippen MR) is 87.0 cm³/mol. The van der Waals surface area contributed by atoms with E-state index in [1.54, 1.807) is 0 Å². The smallest absolute Gasteiger partial charge is 0.246 e. The van der Waals surface area contributed by atoms with E-state index in [0.29, 0.717) is 5.02 Å². The fraction of sp³-hybridized carbons (Fsp3) is 0.235. The van der Waals surface area contributed by atoms with Crippen LogP contribution in [0.15, 0.2) is 48.5 Å². The monoisotopic (exact) mass is 300 g/mol. The third-order valence-corrected chi connectivity index (χ3v) is 4.02. The Morgan fingerprint density at radius 2 is 1.95 bits per heavy atom. The number of nitrogens with zero attached hydrogens (tertiary/aromatic N) is 1. The van der Waals surface area contributed by atoms with Crippen molar-refractivity contribution in [1.29, 1.82) is 0 Å². The molecule has 3 rings (SSSR count). The predicted octanol–water partition coefficient (Wildman–Crippen LogP) is 3.73. The van der Waals surface area contributed by atoms with E-state index in [4.69, 9.17) is 11.6 Å². The van der Waals surface area contributed by atoms with Crippen molar-refractivity contribution in [1.82, 2.24) is 0 Å². The molecule has 108 valence electrons. The number of rotatable bonds is 3. The molecule has 0 aliphatic carbocycles. The fourth-order valence-corrected chi connectivity index (χ4v) is 2.90. The van der Waals surface area contributed by atoms with Crippen LogP contribution in [0.5, 0.6) is 0 Å². The first-order valence-electron chi connectivity index (χ1n) is 7.04. The van der Waals surface area contributed by atoms with Gasteiger partial charge in [0.1, 0.15) is 0 Å². The largest absolute Gasteiger partial charge is 0.376 e. The molecule has 0 aromatic heterocycles. The molecule has 1 atom stereocenters. The zero-order valence-corrected chi connectivity index (χ0v) is 12.6. The maximum atomic E-state index is 12.5. The van der Waals surface area contributed by atoms with Crippen molar-refractivity contribution in [2.45, 2.75) is 19.4 Å². The summed E-state index contributed by atoms with van der Waals surface area (Å²) in [5.74, 6) is 0.0856. The number of hydrogen-bond acceptors (Lipinski definition) is 2. The number of anilines is 2. The Kier molecular flexibility index (Phi) is 3.84. The number of carbonyl (C=O) groups excluding carboxylic acids is 1. The molecule has 2 aromatic rings. The molecule has 0 bridgehead atoms. The average molecular weight is 301 g/mol. The van der Waals surface area contributed by atoms with Crippen molar-refractivity contribution >= 4 is 28.9 Å². The topological polar surface area (TPSA) is 32.3 Å². The van der Waals surface area contributed by atoms with E-state index in [1.807, 2.05) is 47.4 Å². The fourth-order valence-electron chi connectivity index (χ4n) is 2.78. The Bertz CT molecular complexity index is 654. The zero-order chi connectivity index (χ0) is 14.8. The van der Waals surface area contributed by atoms with Crippen molar-refractivity contribution < 1.29 is 4.79 Å². The SMILES string of the molecule is CC1Cc2ccccc2N1C(=O)CNc1ccc(Cl)cc1. The molecule has 21 heavy (non-hydrogen) atoms. The summed E-state index contributed by atoms with van der Waals surface area (Å²) in [4.78, 5) is 14.4. The lowest BCUT2D eigenvalue weighted by Crippen LogP contribution is -2.39. The molecule has 0 saturated carbocycles. The molecule has 0 spiro atoms. The molecule has 2 aromatic carbocycles. The van der Waals surface area contributed by atoms with Crippen LogP contribution in [0.3, 0.4) is 0 Å². The van der Waals surface area contributed by atoms with E-state index in [2.05, 4.69) is 18.3 Å². The first kappa shape index (κ1) is 14.0. The van der Waals surface area contributed by atoms with Gasteiger partial charge in [-0.3, -0.25) is 4.79 Å². The van der Waals surface area contributed by atoms with E-state index < -0.39 is 0 Å². The van der Waals surface area contributed by atoms with Gasteiger partial charge in [0.2, 0.25) is 5.91 Å². The summed E-state index contributed by atoms with van der Waals surface area (Å²) in [6, 6.07) is 15.7. The highest BCUT2D eigenvalue weighted by atomic mass is 35.5. The molecule has 3 nitrogen and oxygen atoms in total. The van der Waals surface area contributed by atoms with Crippen LogP contribution in [0.1, 0.15) is 12.5 Å². The molecular weight excluding hydrogens is 284 g/mol. The Morgan fingerprint density at radius 3 is 2.71 bits per heavy atom. The highest BCUT2D eigenvalue weighted by Gasteiger charge is 2.29. The second kappa shape index (κ2) is 5.78. The number of fused-ring (bicyclic) bond motifs is 1. The number of benzene rings is 2. The van der Waals surface area contributed by atoms with Gasteiger partial charge >= 0.3 is 0 Å². The molecule has 0 fully saturated rings. The lowest BCUT2D eigenvalue weighted by molar-refractivity contribution is -0.117. The summed E-state index contributed by atoms with van der Waals surface area (Å²) < 4.78 is 0. The second-order valence-corrected chi connectivity index (χ2v) is 5.74. The van der Waals surface area contributed by atoms with Crippen molar-refractivity contribution in [3.63, 3.8) is 0 Å². The van der Waals surface area contributed by atoms with Crippen molar-refractivity contribution in [3.05, 3.63) is 59.1 Å². The number of hydrogen-bond donors (Lipinski definition) is 1. The number of halogens is 1. The van der Waals surface area contributed by atoms with E-state index in [0.717, 1.165) is 17.8 Å². The number of carbonyl (C=O) groups is 1. The van der Waals surface area contributed by atoms with Gasteiger partial charge in [-0.15, -0.1) is 0 Å². The molecular formula is C17H17ClN2O. The highest BCUT2D eigenvalue weighted by molar-refractivity contribution is 6.30. The summed E-state index contributed by atoms with van der Waals surface area (Å²) in [5, 5.41) is 3.84. The minimum Gasteiger partial charge on any atom is -0.376 e. The van der Waals surface area contributed by atoms with Gasteiger partial charge in [0.25, 0.3) is 0 Å². The number of para-hydroxylation sites is 1. The molecule has 0 radical (unpaired) electrons. The Hall–Kier alpha value is -2.00. The maximum absolute atomic E-state index is 12.5. The first-order chi connectivity index (χ1) is 10.1. The molecule has 1 N–H and O–H groups in total. The first-order valence-corrected chi connectivity index (χ1v) is 7.42. The van der Waals surface area contributed by atoms with Crippen LogP contribution in [-0.4, -0.2) is 18.5 Å². The van der Waals surface area contributed by atoms with Gasteiger partial charge in [0.15, 0.2) is 0 Å². The number of amides is 1. The van der Waals surface area contributed by atoms with Crippen molar-refractivity contribution in [3.8, 4) is 0 Å². The molecule has 1 aliphatic heterocycles. The number of nitrogens with one attached hydrogen (secondary N) is 1. The van der Waals surface area contributed by atoms with Crippen molar-refractivity contribution in [2.24, 2.45) is 0 Å². The Balaban J connectivity index is 1.70. The third kappa shape index (κ3) is 2.88.